The Balaban J connectivity index is 1.29. The van der Waals surface area contributed by atoms with Gasteiger partial charge in [-0.3, -0.25) is 14.6 Å². The lowest BCUT2D eigenvalue weighted by Gasteiger charge is -2.25. The number of aliphatic imine (C=N–C) groups is 2. The molecule has 2 amide bonds. The van der Waals surface area contributed by atoms with Crippen molar-refractivity contribution in [2.75, 3.05) is 0 Å². The van der Waals surface area contributed by atoms with E-state index in [0.29, 0.717) is 29.7 Å². The van der Waals surface area contributed by atoms with Crippen LogP contribution in [0.3, 0.4) is 0 Å². The van der Waals surface area contributed by atoms with Crippen LogP contribution in [0, 0.1) is 6.92 Å². The minimum atomic E-state index is -0.584. The number of thioether (sulfide) groups is 1. The molecule has 0 aliphatic carbocycles. The molecule has 1 N–H and O–H groups in total. The van der Waals surface area contributed by atoms with E-state index in [2.05, 4.69) is 36.5 Å². The molecule has 0 bridgehead atoms. The van der Waals surface area contributed by atoms with Crippen LogP contribution in [-0.2, 0) is 21.9 Å². The highest BCUT2D eigenvalue weighted by Crippen LogP contribution is 2.35. The van der Waals surface area contributed by atoms with Crippen molar-refractivity contribution in [1.82, 2.24) is 10.2 Å². The van der Waals surface area contributed by atoms with Crippen molar-refractivity contribution >= 4 is 51.6 Å². The number of benzene rings is 2. The number of fused-ring (bicyclic) bond motifs is 3. The van der Waals surface area contributed by atoms with Crippen molar-refractivity contribution in [3.05, 3.63) is 87.6 Å². The summed E-state index contributed by atoms with van der Waals surface area (Å²) in [7, 11) is 0. The number of aryl methyl sites for hydroxylation is 1. The second kappa shape index (κ2) is 9.95. The van der Waals surface area contributed by atoms with Gasteiger partial charge in [0.15, 0.2) is 5.17 Å². The molecular formula is C26H24N4O2S2. The number of para-hydroxylation sites is 1. The van der Waals surface area contributed by atoms with Gasteiger partial charge < -0.3 is 5.32 Å². The average molecular weight is 489 g/mol. The van der Waals surface area contributed by atoms with Crippen LogP contribution in [0.1, 0.15) is 34.4 Å². The van der Waals surface area contributed by atoms with Crippen molar-refractivity contribution in [3.8, 4) is 0 Å². The zero-order chi connectivity index (χ0) is 23.5. The van der Waals surface area contributed by atoms with Gasteiger partial charge in [-0.15, -0.1) is 11.3 Å². The van der Waals surface area contributed by atoms with Gasteiger partial charge in [0.2, 0.25) is 5.91 Å². The highest BCUT2D eigenvalue weighted by Gasteiger charge is 2.41. The quantitative estimate of drug-likeness (QED) is 0.506. The lowest BCUT2D eigenvalue weighted by Crippen LogP contribution is -2.41. The number of nitrogens with zero attached hydrogens (tertiary/aromatic N) is 3. The summed E-state index contributed by atoms with van der Waals surface area (Å²) < 4.78 is 0. The Bertz CT molecular complexity index is 1270. The predicted molar refractivity (Wildman–Crippen MR) is 139 cm³/mol. The molecule has 0 fully saturated rings. The van der Waals surface area contributed by atoms with Crippen molar-refractivity contribution in [2.24, 2.45) is 9.98 Å². The van der Waals surface area contributed by atoms with Crippen LogP contribution in [0.4, 0.5) is 5.69 Å². The summed E-state index contributed by atoms with van der Waals surface area (Å²) in [4.78, 5) is 38.0. The van der Waals surface area contributed by atoms with E-state index >= 15 is 0 Å². The molecule has 3 aromatic rings. The maximum Gasteiger partial charge on any atom is 0.259 e. The Morgan fingerprint density at radius 1 is 1.12 bits per heavy atom. The van der Waals surface area contributed by atoms with Crippen LogP contribution < -0.4 is 5.32 Å². The monoisotopic (exact) mass is 488 g/mol. The van der Waals surface area contributed by atoms with Gasteiger partial charge in [0, 0.05) is 22.6 Å². The third-order valence-electron chi connectivity index (χ3n) is 5.72. The van der Waals surface area contributed by atoms with E-state index in [1.54, 1.807) is 16.2 Å². The van der Waals surface area contributed by atoms with E-state index in [4.69, 9.17) is 9.98 Å². The molecule has 1 unspecified atom stereocenters. The molecule has 2 aliphatic heterocycles. The van der Waals surface area contributed by atoms with Crippen LogP contribution >= 0.6 is 23.1 Å². The Hall–Kier alpha value is -3.23. The fourth-order valence-corrected chi connectivity index (χ4v) is 5.48. The smallest absolute Gasteiger partial charge is 0.259 e. The van der Waals surface area contributed by atoms with Gasteiger partial charge in [0.1, 0.15) is 11.9 Å². The molecule has 0 saturated heterocycles. The van der Waals surface area contributed by atoms with Gasteiger partial charge in [0.25, 0.3) is 5.91 Å². The minimum Gasteiger partial charge on any atom is -0.351 e. The average Bonchev–Trinajstić information content (AvgIpc) is 3.49. The third-order valence-corrected chi connectivity index (χ3v) is 7.61. The van der Waals surface area contributed by atoms with Gasteiger partial charge in [-0.25, -0.2) is 9.89 Å². The fraction of sp³-hybridized carbons (Fsp3) is 0.231. The molecule has 1 aromatic heterocycles. The van der Waals surface area contributed by atoms with Crippen molar-refractivity contribution in [2.45, 2.75) is 38.1 Å². The number of hydrogen-bond acceptors (Lipinski definition) is 6. The maximum atomic E-state index is 13.4. The molecule has 172 valence electrons. The zero-order valence-electron chi connectivity index (χ0n) is 18.7. The SMILES string of the molecule is Cc1ccc(CSC2=Nc3ccccc3C3=NC(CCC(=O)NCc4cccs4)C(=O)N23)cc1. The molecule has 6 nitrogen and oxygen atoms in total. The lowest BCUT2D eigenvalue weighted by molar-refractivity contribution is -0.125. The summed E-state index contributed by atoms with van der Waals surface area (Å²) in [5, 5.41) is 5.54. The van der Waals surface area contributed by atoms with Gasteiger partial charge in [-0.1, -0.05) is 59.8 Å². The van der Waals surface area contributed by atoms with Gasteiger partial charge in [0.05, 0.1) is 12.2 Å². The molecule has 0 saturated carbocycles. The van der Waals surface area contributed by atoms with E-state index in [1.807, 2.05) is 41.8 Å². The Morgan fingerprint density at radius 2 is 1.94 bits per heavy atom. The number of hydrogen-bond donors (Lipinski definition) is 1. The lowest BCUT2D eigenvalue weighted by atomic mass is 10.1. The van der Waals surface area contributed by atoms with Gasteiger partial charge in [-0.2, -0.15) is 0 Å². The molecular weight excluding hydrogens is 464 g/mol. The van der Waals surface area contributed by atoms with Crippen LogP contribution in [0.25, 0.3) is 0 Å². The number of thiophene rings is 1. The van der Waals surface area contributed by atoms with Crippen LogP contribution in [-0.4, -0.2) is 33.8 Å². The normalized spacial score (nSPS) is 16.6. The first-order valence-corrected chi connectivity index (χ1v) is 13.0. The highest BCUT2D eigenvalue weighted by atomic mass is 32.2. The van der Waals surface area contributed by atoms with Crippen molar-refractivity contribution < 1.29 is 9.59 Å². The number of nitrogens with one attached hydrogen (secondary N) is 1. The second-order valence-corrected chi connectivity index (χ2v) is 10.2. The van der Waals surface area contributed by atoms with Crippen molar-refractivity contribution in [1.29, 1.82) is 0 Å². The third kappa shape index (κ3) is 4.83. The van der Waals surface area contributed by atoms with Crippen LogP contribution in [0.15, 0.2) is 76.0 Å². The molecule has 3 heterocycles. The second-order valence-electron chi connectivity index (χ2n) is 8.22. The van der Waals surface area contributed by atoms with Gasteiger partial charge >= 0.3 is 0 Å². The predicted octanol–water partition coefficient (Wildman–Crippen LogP) is 5.05. The summed E-state index contributed by atoms with van der Waals surface area (Å²) in [5.74, 6) is 1.14. The first-order valence-electron chi connectivity index (χ1n) is 11.2. The van der Waals surface area contributed by atoms with E-state index in [9.17, 15) is 9.59 Å². The maximum absolute atomic E-state index is 13.4. The van der Waals surface area contributed by atoms with Crippen LogP contribution in [0.5, 0.6) is 0 Å². The molecule has 34 heavy (non-hydrogen) atoms. The summed E-state index contributed by atoms with van der Waals surface area (Å²) in [6, 6.07) is 19.5. The Kier molecular flexibility index (Phi) is 6.60. The van der Waals surface area contributed by atoms with Crippen LogP contribution in [0.2, 0.25) is 0 Å². The first kappa shape index (κ1) is 22.6. The molecule has 0 radical (unpaired) electrons. The molecule has 8 heteroatoms. The van der Waals surface area contributed by atoms with E-state index in [1.165, 1.54) is 22.9 Å². The number of amidine groups is 2. The first-order chi connectivity index (χ1) is 16.6. The number of amides is 2. The van der Waals surface area contributed by atoms with E-state index < -0.39 is 6.04 Å². The summed E-state index contributed by atoms with van der Waals surface area (Å²) in [6.07, 6.45) is 0.615. The molecule has 2 aliphatic rings. The van der Waals surface area contributed by atoms with Crippen molar-refractivity contribution in [3.63, 3.8) is 0 Å². The van der Waals surface area contributed by atoms with E-state index in [0.717, 1.165) is 16.1 Å². The Labute approximate surface area is 206 Å². The molecule has 0 spiro atoms. The molecule has 1 atom stereocenters. The standard InChI is InChI=1S/C26H24N4O2S2/c1-17-8-10-18(11-9-17)16-34-26-29-21-7-3-2-6-20(21)24-28-22(25(32)30(24)26)12-13-23(31)27-15-19-5-4-14-33-19/h2-11,14,22H,12-13,15-16H2,1H3,(H,27,31). The topological polar surface area (TPSA) is 74.1 Å². The Morgan fingerprint density at radius 3 is 2.74 bits per heavy atom. The summed E-state index contributed by atoms with van der Waals surface area (Å²) in [5.41, 5.74) is 4.04. The summed E-state index contributed by atoms with van der Waals surface area (Å²) in [6.45, 7) is 2.57. The summed E-state index contributed by atoms with van der Waals surface area (Å²) >= 11 is 3.14. The van der Waals surface area contributed by atoms with E-state index in [-0.39, 0.29) is 18.2 Å². The number of rotatable bonds is 7. The fourth-order valence-electron chi connectivity index (χ4n) is 3.87. The molecule has 2 aromatic carbocycles. The van der Waals surface area contributed by atoms with Gasteiger partial charge in [-0.05, 0) is 42.5 Å². The zero-order valence-corrected chi connectivity index (χ0v) is 20.4. The number of carbonyl (C=O) groups is 2. The highest BCUT2D eigenvalue weighted by molar-refractivity contribution is 8.13. The number of carbonyl (C=O) groups excluding carboxylic acids is 2. The largest absolute Gasteiger partial charge is 0.351 e. The molecule has 5 rings (SSSR count). The minimum absolute atomic E-state index is 0.0747.